The SMILES string of the molecule is c1ccc(-c2nc(-c3ccc(-c4ccc5c(c4)oc4c(-c6ccccc6)c6ccccc6cc45)cc3)nc(-c3ccc4ccccc4c3)n2)cc1. The first kappa shape index (κ1) is 29.0. The third-order valence-corrected chi connectivity index (χ3v) is 9.70. The number of hydrogen-bond donors (Lipinski definition) is 0. The van der Waals surface area contributed by atoms with Gasteiger partial charge in [-0.1, -0.05) is 152 Å². The van der Waals surface area contributed by atoms with Crippen LogP contribution in [-0.2, 0) is 0 Å². The Morgan fingerprint density at radius 1 is 0.314 bits per heavy atom. The fourth-order valence-electron chi connectivity index (χ4n) is 7.14. The zero-order valence-corrected chi connectivity index (χ0v) is 27.5. The molecule has 51 heavy (non-hydrogen) atoms. The molecule has 0 amide bonds. The third kappa shape index (κ3) is 5.13. The van der Waals surface area contributed by atoms with Crippen molar-refractivity contribution in [3.8, 4) is 56.4 Å². The Kier molecular flexibility index (Phi) is 6.78. The number of nitrogens with zero attached hydrogens (tertiary/aromatic N) is 3. The molecule has 0 saturated heterocycles. The second-order valence-corrected chi connectivity index (χ2v) is 12.8. The van der Waals surface area contributed by atoms with Gasteiger partial charge < -0.3 is 4.42 Å². The number of fused-ring (bicyclic) bond motifs is 5. The van der Waals surface area contributed by atoms with Crippen LogP contribution in [0.5, 0.6) is 0 Å². The minimum Gasteiger partial charge on any atom is -0.455 e. The number of rotatable bonds is 5. The molecule has 0 atom stereocenters. The van der Waals surface area contributed by atoms with Gasteiger partial charge in [-0.15, -0.1) is 0 Å². The molecule has 0 saturated carbocycles. The Bertz CT molecular complexity index is 2900. The van der Waals surface area contributed by atoms with Crippen LogP contribution in [0, 0.1) is 0 Å². The summed E-state index contributed by atoms with van der Waals surface area (Å²) in [5, 5.41) is 6.94. The molecule has 10 rings (SSSR count). The summed E-state index contributed by atoms with van der Waals surface area (Å²) in [6.07, 6.45) is 0. The maximum Gasteiger partial charge on any atom is 0.164 e. The molecule has 8 aromatic carbocycles. The van der Waals surface area contributed by atoms with Crippen LogP contribution in [0.3, 0.4) is 0 Å². The van der Waals surface area contributed by atoms with Gasteiger partial charge in [-0.25, -0.2) is 15.0 Å². The molecule has 0 N–H and O–H groups in total. The summed E-state index contributed by atoms with van der Waals surface area (Å²) in [6.45, 7) is 0. The van der Waals surface area contributed by atoms with E-state index in [2.05, 4.69) is 146 Å². The van der Waals surface area contributed by atoms with Gasteiger partial charge in [-0.2, -0.15) is 0 Å². The topological polar surface area (TPSA) is 51.8 Å². The Labute approximate surface area is 294 Å². The average molecular weight is 652 g/mol. The largest absolute Gasteiger partial charge is 0.455 e. The lowest BCUT2D eigenvalue weighted by molar-refractivity contribution is 0.670. The van der Waals surface area contributed by atoms with Crippen LogP contribution >= 0.6 is 0 Å². The first-order valence-corrected chi connectivity index (χ1v) is 17.1. The van der Waals surface area contributed by atoms with Crippen molar-refractivity contribution in [3.63, 3.8) is 0 Å². The smallest absolute Gasteiger partial charge is 0.164 e. The van der Waals surface area contributed by atoms with Crippen LogP contribution in [0.2, 0.25) is 0 Å². The van der Waals surface area contributed by atoms with Gasteiger partial charge in [0.05, 0.1) is 0 Å². The average Bonchev–Trinajstić information content (AvgIpc) is 3.57. The van der Waals surface area contributed by atoms with Crippen molar-refractivity contribution in [1.82, 2.24) is 15.0 Å². The van der Waals surface area contributed by atoms with Gasteiger partial charge in [0.1, 0.15) is 11.2 Å². The Balaban J connectivity index is 1.06. The number of furan rings is 1. The standard InChI is InChI=1S/C47H29N3O/c1-3-12-32(13-4-1)43-39-18-10-9-17-37(39)28-41-40-26-25-36(29-42(40)51-44(41)43)31-19-22-34(23-20-31)46-48-45(33-14-5-2-6-15-33)49-47(50-46)38-24-21-30-11-7-8-16-35(30)27-38/h1-29H. The van der Waals surface area contributed by atoms with Crippen molar-refractivity contribution in [3.05, 3.63) is 176 Å². The second-order valence-electron chi connectivity index (χ2n) is 12.8. The van der Waals surface area contributed by atoms with Gasteiger partial charge in [0, 0.05) is 33.0 Å². The quantitative estimate of drug-likeness (QED) is 0.186. The van der Waals surface area contributed by atoms with E-state index in [0.717, 1.165) is 66.3 Å². The lowest BCUT2D eigenvalue weighted by Gasteiger charge is -2.10. The maximum atomic E-state index is 6.71. The fraction of sp³-hybridized carbons (Fsp3) is 0. The normalized spacial score (nSPS) is 11.5. The molecule has 0 bridgehead atoms. The van der Waals surface area contributed by atoms with E-state index in [0.29, 0.717) is 17.5 Å². The molecular weight excluding hydrogens is 623 g/mol. The predicted octanol–water partition coefficient (Wildman–Crippen LogP) is 12.4. The highest BCUT2D eigenvalue weighted by Crippen LogP contribution is 2.42. The molecule has 4 heteroatoms. The van der Waals surface area contributed by atoms with Crippen LogP contribution in [-0.4, -0.2) is 15.0 Å². The zero-order valence-electron chi connectivity index (χ0n) is 27.5. The van der Waals surface area contributed by atoms with Crippen molar-refractivity contribution in [2.24, 2.45) is 0 Å². The van der Waals surface area contributed by atoms with Crippen LogP contribution < -0.4 is 0 Å². The highest BCUT2D eigenvalue weighted by atomic mass is 16.3. The van der Waals surface area contributed by atoms with Crippen molar-refractivity contribution in [1.29, 1.82) is 0 Å². The predicted molar refractivity (Wildman–Crippen MR) is 209 cm³/mol. The van der Waals surface area contributed by atoms with E-state index >= 15 is 0 Å². The number of hydrogen-bond acceptors (Lipinski definition) is 4. The molecule has 2 heterocycles. The summed E-state index contributed by atoms with van der Waals surface area (Å²) in [6, 6.07) is 61.0. The third-order valence-electron chi connectivity index (χ3n) is 9.70. The van der Waals surface area contributed by atoms with Crippen molar-refractivity contribution in [2.75, 3.05) is 0 Å². The van der Waals surface area contributed by atoms with E-state index in [9.17, 15) is 0 Å². The summed E-state index contributed by atoms with van der Waals surface area (Å²) in [4.78, 5) is 14.9. The van der Waals surface area contributed by atoms with Crippen molar-refractivity contribution in [2.45, 2.75) is 0 Å². The highest BCUT2D eigenvalue weighted by Gasteiger charge is 2.17. The molecule has 0 fully saturated rings. The first-order chi connectivity index (χ1) is 25.2. The Morgan fingerprint density at radius 3 is 1.61 bits per heavy atom. The summed E-state index contributed by atoms with van der Waals surface area (Å²) in [5.74, 6) is 1.92. The van der Waals surface area contributed by atoms with E-state index in [1.807, 2.05) is 30.3 Å². The van der Waals surface area contributed by atoms with E-state index in [1.165, 1.54) is 16.2 Å². The Hall–Kier alpha value is -6.91. The van der Waals surface area contributed by atoms with Crippen LogP contribution in [0.15, 0.2) is 180 Å². The lowest BCUT2D eigenvalue weighted by atomic mass is 9.95. The minimum atomic E-state index is 0.631. The van der Waals surface area contributed by atoms with Crippen molar-refractivity contribution < 1.29 is 4.42 Å². The highest BCUT2D eigenvalue weighted by molar-refractivity contribution is 6.18. The zero-order chi connectivity index (χ0) is 33.7. The molecule has 0 radical (unpaired) electrons. The van der Waals surface area contributed by atoms with Crippen LogP contribution in [0.1, 0.15) is 0 Å². The van der Waals surface area contributed by atoms with E-state index < -0.39 is 0 Å². The van der Waals surface area contributed by atoms with E-state index in [-0.39, 0.29) is 0 Å². The number of benzene rings is 8. The van der Waals surface area contributed by atoms with Gasteiger partial charge in [0.25, 0.3) is 0 Å². The second kappa shape index (κ2) is 11.9. The minimum absolute atomic E-state index is 0.631. The summed E-state index contributed by atoms with van der Waals surface area (Å²) in [7, 11) is 0. The molecule has 0 unspecified atom stereocenters. The summed E-state index contributed by atoms with van der Waals surface area (Å²) >= 11 is 0. The molecule has 0 aliphatic carbocycles. The molecule has 4 nitrogen and oxygen atoms in total. The molecule has 10 aromatic rings. The lowest BCUT2D eigenvalue weighted by Crippen LogP contribution is -2.00. The number of aromatic nitrogens is 3. The van der Waals surface area contributed by atoms with Crippen LogP contribution in [0.25, 0.3) is 99.9 Å². The van der Waals surface area contributed by atoms with E-state index in [4.69, 9.17) is 19.4 Å². The fourth-order valence-corrected chi connectivity index (χ4v) is 7.14. The van der Waals surface area contributed by atoms with E-state index in [1.54, 1.807) is 0 Å². The van der Waals surface area contributed by atoms with Crippen LogP contribution in [0.4, 0.5) is 0 Å². The first-order valence-electron chi connectivity index (χ1n) is 17.1. The van der Waals surface area contributed by atoms with Gasteiger partial charge in [-0.3, -0.25) is 0 Å². The summed E-state index contributed by atoms with van der Waals surface area (Å²) in [5.41, 5.74) is 9.03. The Morgan fingerprint density at radius 2 is 0.863 bits per heavy atom. The molecular formula is C47H29N3O. The maximum absolute atomic E-state index is 6.71. The molecule has 0 aliphatic heterocycles. The monoisotopic (exact) mass is 651 g/mol. The van der Waals surface area contributed by atoms with Gasteiger partial charge >= 0.3 is 0 Å². The molecule has 0 aliphatic rings. The summed E-state index contributed by atoms with van der Waals surface area (Å²) < 4.78 is 6.71. The van der Waals surface area contributed by atoms with Gasteiger partial charge in [0.15, 0.2) is 17.5 Å². The van der Waals surface area contributed by atoms with Gasteiger partial charge in [0.2, 0.25) is 0 Å². The van der Waals surface area contributed by atoms with Crippen molar-refractivity contribution >= 4 is 43.5 Å². The molecule has 2 aromatic heterocycles. The molecule has 0 spiro atoms. The van der Waals surface area contributed by atoms with Gasteiger partial charge in [-0.05, 0) is 62.5 Å². The molecule has 238 valence electrons.